The third-order valence-electron chi connectivity index (χ3n) is 2.53. The van der Waals surface area contributed by atoms with Crippen LogP contribution in [0.25, 0.3) is 0 Å². The van der Waals surface area contributed by atoms with E-state index in [0.717, 1.165) is 31.9 Å². The van der Waals surface area contributed by atoms with Crippen molar-refractivity contribution in [3.63, 3.8) is 0 Å². The predicted molar refractivity (Wildman–Crippen MR) is 59.2 cm³/mol. The van der Waals surface area contributed by atoms with Crippen LogP contribution in [0.2, 0.25) is 0 Å². The first-order chi connectivity index (χ1) is 7.40. The second-order valence-electron chi connectivity index (χ2n) is 3.51. The van der Waals surface area contributed by atoms with Gasteiger partial charge in [-0.1, -0.05) is 6.07 Å². The van der Waals surface area contributed by atoms with Gasteiger partial charge in [0.15, 0.2) is 6.79 Å². The molecule has 0 amide bonds. The maximum absolute atomic E-state index is 8.68. The molecule has 4 heteroatoms. The molecule has 1 aliphatic rings. The van der Waals surface area contributed by atoms with E-state index in [-0.39, 0.29) is 6.79 Å². The molecular weight excluding hydrogens is 192 g/mol. The number of anilines is 1. The number of rotatable bonds is 3. The standard InChI is InChI=1S/C11H16N2O2/c14-9-15-11-3-1-2-10(8-11)13-6-4-12-5-7-13/h1-3,8,12,14H,4-7,9H2. The van der Waals surface area contributed by atoms with Crippen LogP contribution in [0, 0.1) is 0 Å². The molecule has 0 saturated carbocycles. The summed E-state index contributed by atoms with van der Waals surface area (Å²) in [6.45, 7) is 3.80. The van der Waals surface area contributed by atoms with Crippen molar-refractivity contribution >= 4 is 5.69 Å². The number of aliphatic hydroxyl groups is 1. The Hall–Kier alpha value is -1.26. The number of nitrogens with one attached hydrogen (secondary N) is 1. The van der Waals surface area contributed by atoms with Gasteiger partial charge >= 0.3 is 0 Å². The van der Waals surface area contributed by atoms with E-state index in [9.17, 15) is 0 Å². The molecule has 82 valence electrons. The molecule has 2 N–H and O–H groups in total. The molecule has 0 radical (unpaired) electrons. The van der Waals surface area contributed by atoms with Crippen LogP contribution < -0.4 is 15.0 Å². The summed E-state index contributed by atoms with van der Waals surface area (Å²) < 4.78 is 5.05. The minimum atomic E-state index is -0.273. The van der Waals surface area contributed by atoms with Gasteiger partial charge in [-0.25, -0.2) is 0 Å². The van der Waals surface area contributed by atoms with Gasteiger partial charge in [-0.3, -0.25) is 0 Å². The normalized spacial score (nSPS) is 16.5. The van der Waals surface area contributed by atoms with Gasteiger partial charge in [0.25, 0.3) is 0 Å². The number of benzene rings is 1. The lowest BCUT2D eigenvalue weighted by Crippen LogP contribution is -2.43. The van der Waals surface area contributed by atoms with Crippen molar-refractivity contribution in [3.8, 4) is 5.75 Å². The molecule has 0 bridgehead atoms. The molecule has 0 aliphatic carbocycles. The van der Waals surface area contributed by atoms with Gasteiger partial charge in [0.05, 0.1) is 0 Å². The quantitative estimate of drug-likeness (QED) is 0.707. The number of nitrogens with zero attached hydrogens (tertiary/aromatic N) is 1. The largest absolute Gasteiger partial charge is 0.468 e. The molecule has 1 aromatic carbocycles. The van der Waals surface area contributed by atoms with Crippen molar-refractivity contribution in [2.24, 2.45) is 0 Å². The number of aliphatic hydroxyl groups excluding tert-OH is 1. The molecule has 0 aromatic heterocycles. The molecule has 0 unspecified atom stereocenters. The zero-order valence-electron chi connectivity index (χ0n) is 8.65. The fourth-order valence-corrected chi connectivity index (χ4v) is 1.77. The first kappa shape index (κ1) is 10.3. The second kappa shape index (κ2) is 5.00. The summed E-state index contributed by atoms with van der Waals surface area (Å²) in [7, 11) is 0. The van der Waals surface area contributed by atoms with E-state index in [2.05, 4.69) is 16.3 Å². The highest BCUT2D eigenvalue weighted by Crippen LogP contribution is 2.21. The smallest absolute Gasteiger partial charge is 0.186 e. The van der Waals surface area contributed by atoms with E-state index in [1.807, 2.05) is 18.2 Å². The topological polar surface area (TPSA) is 44.7 Å². The van der Waals surface area contributed by atoms with E-state index in [4.69, 9.17) is 9.84 Å². The van der Waals surface area contributed by atoms with Gasteiger partial charge in [-0.15, -0.1) is 0 Å². The second-order valence-corrected chi connectivity index (χ2v) is 3.51. The van der Waals surface area contributed by atoms with Crippen LogP contribution in [-0.4, -0.2) is 38.1 Å². The molecule has 1 aromatic rings. The van der Waals surface area contributed by atoms with E-state index in [0.29, 0.717) is 5.75 Å². The molecule has 1 aliphatic heterocycles. The maximum atomic E-state index is 8.68. The highest BCUT2D eigenvalue weighted by molar-refractivity contribution is 5.51. The predicted octanol–water partition coefficient (Wildman–Crippen LogP) is 0.425. The van der Waals surface area contributed by atoms with Gasteiger partial charge in [0.1, 0.15) is 5.75 Å². The van der Waals surface area contributed by atoms with Crippen molar-refractivity contribution in [3.05, 3.63) is 24.3 Å². The highest BCUT2D eigenvalue weighted by Gasteiger charge is 2.10. The highest BCUT2D eigenvalue weighted by atomic mass is 16.6. The monoisotopic (exact) mass is 208 g/mol. The van der Waals surface area contributed by atoms with Crippen molar-refractivity contribution in [2.45, 2.75) is 0 Å². The van der Waals surface area contributed by atoms with Crippen molar-refractivity contribution < 1.29 is 9.84 Å². The van der Waals surface area contributed by atoms with Crippen LogP contribution in [0.15, 0.2) is 24.3 Å². The SMILES string of the molecule is OCOc1cccc(N2CCNCC2)c1. The lowest BCUT2D eigenvalue weighted by molar-refractivity contribution is 0.0986. The first-order valence-electron chi connectivity index (χ1n) is 5.19. The molecule has 15 heavy (non-hydrogen) atoms. The number of ether oxygens (including phenoxy) is 1. The average Bonchev–Trinajstić information content (AvgIpc) is 2.31. The van der Waals surface area contributed by atoms with Gasteiger partial charge in [0.2, 0.25) is 0 Å². The molecule has 1 fully saturated rings. The zero-order chi connectivity index (χ0) is 10.5. The van der Waals surface area contributed by atoms with Crippen LogP contribution in [0.5, 0.6) is 5.75 Å². The molecule has 1 heterocycles. The molecule has 4 nitrogen and oxygen atoms in total. The summed E-state index contributed by atoms with van der Waals surface area (Å²) in [5.74, 6) is 0.716. The van der Waals surface area contributed by atoms with Crippen molar-refractivity contribution in [1.82, 2.24) is 5.32 Å². The Balaban J connectivity index is 2.09. The summed E-state index contributed by atoms with van der Waals surface area (Å²) in [5.41, 5.74) is 1.16. The molecule has 0 spiro atoms. The lowest BCUT2D eigenvalue weighted by atomic mass is 10.2. The van der Waals surface area contributed by atoms with Crippen LogP contribution in [0.4, 0.5) is 5.69 Å². The Morgan fingerprint density at radius 3 is 2.87 bits per heavy atom. The van der Waals surface area contributed by atoms with Crippen molar-refractivity contribution in [2.75, 3.05) is 37.9 Å². The summed E-state index contributed by atoms with van der Waals surface area (Å²) in [6, 6.07) is 7.82. The summed E-state index contributed by atoms with van der Waals surface area (Å²) in [5, 5.41) is 12.0. The van der Waals surface area contributed by atoms with Crippen LogP contribution in [0.1, 0.15) is 0 Å². The van der Waals surface area contributed by atoms with E-state index >= 15 is 0 Å². The molecule has 1 saturated heterocycles. The number of piperazine rings is 1. The third kappa shape index (κ3) is 2.61. The molecular formula is C11H16N2O2. The zero-order valence-corrected chi connectivity index (χ0v) is 8.65. The molecule has 2 rings (SSSR count). The Morgan fingerprint density at radius 1 is 1.33 bits per heavy atom. The lowest BCUT2D eigenvalue weighted by Gasteiger charge is -2.29. The van der Waals surface area contributed by atoms with Gasteiger partial charge in [-0.05, 0) is 12.1 Å². The first-order valence-corrected chi connectivity index (χ1v) is 5.19. The van der Waals surface area contributed by atoms with Gasteiger partial charge in [0, 0.05) is 37.9 Å². The van der Waals surface area contributed by atoms with E-state index in [1.54, 1.807) is 0 Å². The van der Waals surface area contributed by atoms with Crippen LogP contribution in [0.3, 0.4) is 0 Å². The van der Waals surface area contributed by atoms with Gasteiger partial charge < -0.3 is 20.1 Å². The van der Waals surface area contributed by atoms with E-state index in [1.165, 1.54) is 0 Å². The average molecular weight is 208 g/mol. The maximum Gasteiger partial charge on any atom is 0.186 e. The van der Waals surface area contributed by atoms with Crippen LogP contribution in [-0.2, 0) is 0 Å². The Kier molecular flexibility index (Phi) is 3.42. The summed E-state index contributed by atoms with van der Waals surface area (Å²) in [6.07, 6.45) is 0. The van der Waals surface area contributed by atoms with Crippen LogP contribution >= 0.6 is 0 Å². The van der Waals surface area contributed by atoms with Crippen molar-refractivity contribution in [1.29, 1.82) is 0 Å². The third-order valence-corrected chi connectivity index (χ3v) is 2.53. The fraction of sp³-hybridized carbons (Fsp3) is 0.455. The summed E-state index contributed by atoms with van der Waals surface area (Å²) >= 11 is 0. The Bertz CT molecular complexity index is 311. The number of hydrogen-bond acceptors (Lipinski definition) is 4. The fourth-order valence-electron chi connectivity index (χ4n) is 1.77. The minimum absolute atomic E-state index is 0.273. The minimum Gasteiger partial charge on any atom is -0.468 e. The Morgan fingerprint density at radius 2 is 2.13 bits per heavy atom. The summed E-state index contributed by atoms with van der Waals surface area (Å²) in [4.78, 5) is 2.31. The molecule has 0 atom stereocenters. The number of hydrogen-bond donors (Lipinski definition) is 2. The van der Waals surface area contributed by atoms with E-state index < -0.39 is 0 Å². The van der Waals surface area contributed by atoms with Gasteiger partial charge in [-0.2, -0.15) is 0 Å². The Labute approximate surface area is 89.5 Å².